The molecule has 0 aromatic heterocycles. The topological polar surface area (TPSA) is 274 Å². The van der Waals surface area contributed by atoms with Crippen LogP contribution < -0.4 is 0 Å². The molecular formula is H12Al2O9Ti3. The molecule has 12 N–H and O–H groups in total. The van der Waals surface area contributed by atoms with Gasteiger partial charge in [0.2, 0.25) is 0 Å². The minimum absolute atomic E-state index is 0. The van der Waals surface area contributed by atoms with E-state index >= 15 is 0 Å². The molecule has 0 saturated heterocycles. The van der Waals surface area contributed by atoms with E-state index in [1.807, 2.05) is 0 Å². The van der Waals surface area contributed by atoms with Crippen LogP contribution in [0, 0.1) is 0 Å². The molecule has 0 aromatic carbocycles. The zero-order chi connectivity index (χ0) is 0. The Morgan fingerprint density at radius 2 is 0.286 bits per heavy atom. The first-order chi connectivity index (χ1) is 0. The fourth-order valence-electron chi connectivity index (χ4n) is 0. The molecule has 0 aromatic rings. The molecule has 9 nitrogen and oxygen atoms in total. The van der Waals surface area contributed by atoms with Gasteiger partial charge in [-0.05, 0) is 0 Å². The predicted octanol–water partition coefficient (Wildman–Crippen LogP) is -4.30. The summed E-state index contributed by atoms with van der Waals surface area (Å²) < 4.78 is 0. The van der Waals surface area contributed by atoms with Crippen molar-refractivity contribution in [1.82, 2.24) is 0 Å². The fourth-order valence-corrected chi connectivity index (χ4v) is 0. The third-order valence-electron chi connectivity index (χ3n) is 0. The van der Waals surface area contributed by atoms with Gasteiger partial charge < -0.3 is 49.3 Å². The second-order valence-electron chi connectivity index (χ2n) is 0. The van der Waals surface area contributed by atoms with E-state index in [-0.39, 0.29) is 149 Å². The molecule has 0 heterocycles. The molecule has 0 bridgehead atoms. The van der Waals surface area contributed by atoms with Crippen LogP contribution in [-0.4, -0.2) is 84.0 Å². The van der Waals surface area contributed by atoms with Crippen LogP contribution in [0.3, 0.4) is 0 Å². The van der Waals surface area contributed by atoms with Gasteiger partial charge in [0.1, 0.15) is 0 Å². The van der Waals surface area contributed by atoms with E-state index in [0.29, 0.717) is 0 Å². The Morgan fingerprint density at radius 3 is 0.286 bits per heavy atom. The van der Waals surface area contributed by atoms with Gasteiger partial charge in [0.15, 0.2) is 0 Å². The summed E-state index contributed by atoms with van der Waals surface area (Å²) in [6.45, 7) is 0. The zero-order valence-electron chi connectivity index (χ0n) is 6.84. The first-order valence-corrected chi connectivity index (χ1v) is 0. The fraction of sp³-hybridized carbons (Fsp3) is 0. The molecule has 0 saturated carbocycles. The number of hydrogen-bond donors (Lipinski definition) is 0. The molecule has 84 valence electrons. The van der Waals surface area contributed by atoms with Crippen molar-refractivity contribution in [3.05, 3.63) is 0 Å². The first kappa shape index (κ1) is 522. The summed E-state index contributed by atoms with van der Waals surface area (Å²) in [5, 5.41) is 0. The van der Waals surface area contributed by atoms with Crippen molar-refractivity contribution in [1.29, 1.82) is 0 Å². The smallest absolute Gasteiger partial charge is 0.870 e. The van der Waals surface area contributed by atoms with Crippen molar-refractivity contribution < 1.29 is 114 Å². The Labute approximate surface area is 147 Å². The van der Waals surface area contributed by atoms with Gasteiger partial charge in [-0.3, -0.25) is 0 Å². The minimum atomic E-state index is 0. The maximum absolute atomic E-state index is 0. The van der Waals surface area contributed by atoms with Crippen molar-refractivity contribution in [2.75, 3.05) is 0 Å². The number of rotatable bonds is 0. The molecule has 0 unspecified atom stereocenters. The van der Waals surface area contributed by atoms with Crippen LogP contribution in [0.15, 0.2) is 0 Å². The van der Waals surface area contributed by atoms with Crippen LogP contribution in [0.4, 0.5) is 0 Å². The molecule has 0 spiro atoms. The van der Waals surface area contributed by atoms with Crippen LogP contribution in [0.1, 0.15) is 0 Å². The van der Waals surface area contributed by atoms with E-state index in [1.54, 1.807) is 0 Å². The summed E-state index contributed by atoms with van der Waals surface area (Å²) in [5.41, 5.74) is 0. The molecular weight excluding hydrogens is 342 g/mol. The largest absolute Gasteiger partial charge is 3.00 e. The van der Waals surface area contributed by atoms with Gasteiger partial charge in [0.25, 0.3) is 0 Å². The van der Waals surface area contributed by atoms with Gasteiger partial charge in [-0.1, -0.05) is 0 Å². The van der Waals surface area contributed by atoms with Gasteiger partial charge >= 0.3 is 34.7 Å². The maximum Gasteiger partial charge on any atom is 3.00 e. The molecule has 0 aliphatic rings. The van der Waals surface area contributed by atoms with E-state index in [1.165, 1.54) is 0 Å². The molecule has 0 radical (unpaired) electrons. The summed E-state index contributed by atoms with van der Waals surface area (Å²) in [7, 11) is 0. The van der Waals surface area contributed by atoms with Gasteiger partial charge in [-0.15, -0.1) is 0 Å². The van der Waals surface area contributed by atoms with Gasteiger partial charge in [0.05, 0.1) is 0 Å². The first-order valence-electron chi connectivity index (χ1n) is 0. The normalized spacial score (nSPS) is 0. The second-order valence-corrected chi connectivity index (χ2v) is 0. The van der Waals surface area contributed by atoms with Gasteiger partial charge in [-0.2, -0.15) is 0 Å². The average Bonchev–Trinajstić information content (AvgIpc) is 0. The van der Waals surface area contributed by atoms with E-state index in [9.17, 15) is 0 Å². The summed E-state index contributed by atoms with van der Waals surface area (Å²) in [6, 6.07) is 0. The van der Waals surface area contributed by atoms with Gasteiger partial charge in [0, 0.05) is 65.2 Å². The molecule has 0 fully saturated rings. The Bertz CT molecular complexity index is 18.0. The second kappa shape index (κ2) is 431. The third-order valence-corrected chi connectivity index (χ3v) is 0. The van der Waals surface area contributed by atoms with Crippen molar-refractivity contribution in [2.45, 2.75) is 0 Å². The van der Waals surface area contributed by atoms with Crippen molar-refractivity contribution >= 4 is 34.7 Å². The Kier molecular flexibility index (Phi) is 16100. The summed E-state index contributed by atoms with van der Waals surface area (Å²) in [4.78, 5) is 0. The SMILES string of the molecule is O.O.O.[Al+3].[Al+3].[OH-].[OH-].[OH-].[OH-].[OH-].[OH-].[Ti].[Ti].[Ti]. The maximum atomic E-state index is 0. The Morgan fingerprint density at radius 1 is 0.286 bits per heavy atom. The minimum Gasteiger partial charge on any atom is -0.870 e. The Balaban J connectivity index is 0. The van der Waals surface area contributed by atoms with Crippen LogP contribution in [-0.2, 0) is 65.2 Å². The summed E-state index contributed by atoms with van der Waals surface area (Å²) in [5.74, 6) is 0. The molecule has 14 heavy (non-hydrogen) atoms. The van der Waals surface area contributed by atoms with E-state index in [4.69, 9.17) is 0 Å². The molecule has 0 aliphatic carbocycles. The molecule has 14 heteroatoms. The predicted molar refractivity (Wildman–Crippen MR) is 34.0 cm³/mol. The van der Waals surface area contributed by atoms with E-state index < -0.39 is 0 Å². The van der Waals surface area contributed by atoms with Crippen LogP contribution in [0.2, 0.25) is 0 Å². The van der Waals surface area contributed by atoms with Crippen molar-refractivity contribution in [2.24, 2.45) is 0 Å². The third kappa shape index (κ3) is 351. The van der Waals surface area contributed by atoms with E-state index in [0.717, 1.165) is 0 Å². The number of hydrogen-bond acceptors (Lipinski definition) is 6. The monoisotopic (exact) mass is 354 g/mol. The Hall–Kier alpha value is 2.85. The van der Waals surface area contributed by atoms with Crippen LogP contribution >= 0.6 is 0 Å². The molecule has 0 amide bonds. The summed E-state index contributed by atoms with van der Waals surface area (Å²) in [6.07, 6.45) is 0. The van der Waals surface area contributed by atoms with Crippen LogP contribution in [0.25, 0.3) is 0 Å². The van der Waals surface area contributed by atoms with Crippen molar-refractivity contribution in [3.8, 4) is 0 Å². The quantitative estimate of drug-likeness (QED) is 0.387. The molecule has 0 atom stereocenters. The molecule has 0 aliphatic heterocycles. The van der Waals surface area contributed by atoms with Crippen LogP contribution in [0.5, 0.6) is 0 Å². The van der Waals surface area contributed by atoms with Gasteiger partial charge in [-0.25, -0.2) is 0 Å². The average molecular weight is 354 g/mol. The van der Waals surface area contributed by atoms with Crippen molar-refractivity contribution in [3.63, 3.8) is 0 Å². The summed E-state index contributed by atoms with van der Waals surface area (Å²) >= 11 is 0. The zero-order valence-corrected chi connectivity index (χ0v) is 13.8. The standard InChI is InChI=1S/2Al.9H2O.3Ti/h;;9*1H2;;;/q2*+3;;;;;;;;;;;;/p-6. The van der Waals surface area contributed by atoms with E-state index in [2.05, 4.69) is 0 Å². The molecule has 0 rings (SSSR count).